The molecule has 5 fully saturated rings. The maximum atomic E-state index is 14.2. The lowest BCUT2D eigenvalue weighted by Crippen LogP contribution is -2.70. The number of aliphatic hydroxyl groups excluding tert-OH is 12. The minimum atomic E-state index is -2.99. The molecule has 14 N–H and O–H groups in total. The van der Waals surface area contributed by atoms with Gasteiger partial charge in [-0.2, -0.15) is 0 Å². The smallest absolute Gasteiger partial charge is 0.338 e. The molecule has 5 aliphatic heterocycles. The fourth-order valence-corrected chi connectivity index (χ4v) is 10.5. The molecule has 24 atom stereocenters. The number of carbonyl (C=O) groups is 5. The number of esters is 5. The van der Waals surface area contributed by atoms with E-state index in [-0.39, 0.29) is 17.1 Å². The Morgan fingerprint density at radius 2 is 0.935 bits per heavy atom. The number of rotatable bonds is 24. The molecule has 0 spiro atoms. The Balaban J connectivity index is 1.29. The maximum Gasteiger partial charge on any atom is 0.338 e. The van der Waals surface area contributed by atoms with Gasteiger partial charge >= 0.3 is 29.8 Å². The molecule has 5 heterocycles. The normalized spacial score (nSPS) is 36.5. The van der Waals surface area contributed by atoms with E-state index in [9.17, 15) is 95.5 Å². The number of phenols is 2. The Morgan fingerprint density at radius 3 is 1.46 bits per heavy atom. The summed E-state index contributed by atoms with van der Waals surface area (Å²) < 4.78 is 83.9. The molecule has 0 aliphatic carbocycles. The van der Waals surface area contributed by atoms with Crippen LogP contribution in [0.3, 0.4) is 0 Å². The Bertz CT molecular complexity index is 2970. The van der Waals surface area contributed by atoms with Gasteiger partial charge in [0.25, 0.3) is 0 Å². The zero-order valence-corrected chi connectivity index (χ0v) is 48.9. The summed E-state index contributed by atoms with van der Waals surface area (Å²) in [5, 5.41) is 153. The van der Waals surface area contributed by atoms with Crippen LogP contribution in [-0.2, 0) is 85.5 Å². The standard InChI is InChI=1S/C59H72O33/c1-26(64)79-24-37-49(81-27(2)65)50(87-55-45(75)43(73)40(70)33(20-60)82-55)47(77)57(85-37)88-51-48(86-39(69)19-13-29-10-16-32(67)17-11-29)36(23-63)84-58(52(51)89-56-46(76)44(74)41(71)34(21-61)83-56)92-59(25-80-38(68)18-12-28-8-14-31(66)15-9-28)53(42(72)35(22-62)91-59)90-54(78)30-6-4-3-5-7-30/h3-19,33-37,40-53,55-58,60-63,66-67,70-77H,20-25H2,1-2H3/b18-12+,19-13+/t33-,34-,35-,36-,37-,40-,41-,42-,43+,44+,45-,46-,47-,48-,49-,50-,51+,52-,53+,55-,56+,57-,58-,59+/m1/s1. The van der Waals surface area contributed by atoms with Gasteiger partial charge in [-0.3, -0.25) is 9.59 Å². The largest absolute Gasteiger partial charge is 0.508 e. The van der Waals surface area contributed by atoms with Gasteiger partial charge in [-0.1, -0.05) is 42.5 Å². The molecule has 506 valence electrons. The summed E-state index contributed by atoms with van der Waals surface area (Å²) in [4.78, 5) is 67.3. The summed E-state index contributed by atoms with van der Waals surface area (Å²) in [6.45, 7) is -4.72. The van der Waals surface area contributed by atoms with Crippen LogP contribution in [0.25, 0.3) is 12.2 Å². The van der Waals surface area contributed by atoms with Crippen LogP contribution < -0.4 is 0 Å². The first-order chi connectivity index (χ1) is 43.9. The summed E-state index contributed by atoms with van der Waals surface area (Å²) in [7, 11) is 0. The second-order valence-corrected chi connectivity index (χ2v) is 21.6. The molecule has 5 aliphatic rings. The molecule has 33 heteroatoms. The van der Waals surface area contributed by atoms with Gasteiger partial charge in [-0.25, -0.2) is 14.4 Å². The topological polar surface area (TPSA) is 498 Å². The summed E-state index contributed by atoms with van der Waals surface area (Å²) in [6.07, 6.45) is -45.2. The summed E-state index contributed by atoms with van der Waals surface area (Å²) in [5.41, 5.74) is 0.522. The second-order valence-electron chi connectivity index (χ2n) is 21.6. The van der Waals surface area contributed by atoms with Crippen molar-refractivity contribution in [3.63, 3.8) is 0 Å². The molecule has 0 bridgehead atoms. The van der Waals surface area contributed by atoms with Gasteiger partial charge in [-0.15, -0.1) is 0 Å². The van der Waals surface area contributed by atoms with Crippen LogP contribution in [0.2, 0.25) is 0 Å². The van der Waals surface area contributed by atoms with Crippen LogP contribution in [-0.4, -0.2) is 288 Å². The lowest BCUT2D eigenvalue weighted by Gasteiger charge is -2.51. The molecule has 33 nitrogen and oxygen atoms in total. The molecule has 0 saturated carbocycles. The lowest BCUT2D eigenvalue weighted by molar-refractivity contribution is -0.423. The fourth-order valence-electron chi connectivity index (χ4n) is 10.5. The van der Waals surface area contributed by atoms with Crippen molar-refractivity contribution in [2.45, 2.75) is 161 Å². The van der Waals surface area contributed by atoms with Crippen LogP contribution in [0.15, 0.2) is 91.0 Å². The van der Waals surface area contributed by atoms with Crippen molar-refractivity contribution < 1.29 is 162 Å². The summed E-state index contributed by atoms with van der Waals surface area (Å²) in [5.74, 6) is -9.00. The molecule has 0 amide bonds. The quantitative estimate of drug-likeness (QED) is 0.0227. The number of benzene rings is 3. The van der Waals surface area contributed by atoms with Crippen molar-refractivity contribution in [2.75, 3.05) is 39.6 Å². The van der Waals surface area contributed by atoms with E-state index in [1.165, 1.54) is 84.9 Å². The van der Waals surface area contributed by atoms with Crippen molar-refractivity contribution in [1.29, 1.82) is 0 Å². The molecule has 92 heavy (non-hydrogen) atoms. The van der Waals surface area contributed by atoms with E-state index in [1.807, 2.05) is 0 Å². The molecule has 8 rings (SSSR count). The van der Waals surface area contributed by atoms with Crippen LogP contribution in [0.1, 0.15) is 35.3 Å². The number of ether oxygens (including phenoxy) is 14. The molecule has 0 unspecified atom stereocenters. The lowest BCUT2D eigenvalue weighted by atomic mass is 9.95. The number of aromatic hydroxyl groups is 2. The first kappa shape index (κ1) is 71.1. The van der Waals surface area contributed by atoms with Gasteiger partial charge in [-0.05, 0) is 59.7 Å². The molecule has 0 aromatic heterocycles. The second kappa shape index (κ2) is 31.9. The monoisotopic (exact) mass is 1310 g/mol. The van der Waals surface area contributed by atoms with Crippen molar-refractivity contribution in [2.24, 2.45) is 0 Å². The first-order valence-corrected chi connectivity index (χ1v) is 28.6. The van der Waals surface area contributed by atoms with E-state index < -0.39 is 216 Å². The van der Waals surface area contributed by atoms with E-state index in [0.29, 0.717) is 11.1 Å². The van der Waals surface area contributed by atoms with Crippen LogP contribution in [0.5, 0.6) is 11.5 Å². The zero-order chi connectivity index (χ0) is 66.7. The van der Waals surface area contributed by atoms with Gasteiger partial charge in [0, 0.05) is 26.0 Å². The molecular weight excluding hydrogens is 1240 g/mol. The van der Waals surface area contributed by atoms with Gasteiger partial charge in [0.1, 0.15) is 122 Å². The van der Waals surface area contributed by atoms with Crippen LogP contribution in [0.4, 0.5) is 0 Å². The van der Waals surface area contributed by atoms with Gasteiger partial charge in [0.05, 0.1) is 32.0 Å². The predicted molar refractivity (Wildman–Crippen MR) is 297 cm³/mol. The van der Waals surface area contributed by atoms with E-state index >= 15 is 0 Å². The van der Waals surface area contributed by atoms with Crippen LogP contribution >= 0.6 is 0 Å². The highest BCUT2D eigenvalue weighted by Gasteiger charge is 2.64. The predicted octanol–water partition coefficient (Wildman–Crippen LogP) is -4.98. The number of hydrogen-bond donors (Lipinski definition) is 14. The number of phenolic OH excluding ortho intramolecular Hbond substituents is 2. The van der Waals surface area contributed by atoms with Gasteiger partial charge < -0.3 is 138 Å². The molecule has 3 aromatic rings. The summed E-state index contributed by atoms with van der Waals surface area (Å²) in [6, 6.07) is 17.9. The van der Waals surface area contributed by atoms with E-state index in [0.717, 1.165) is 26.0 Å². The minimum Gasteiger partial charge on any atom is -0.508 e. The van der Waals surface area contributed by atoms with E-state index in [1.54, 1.807) is 6.07 Å². The number of carbonyl (C=O) groups excluding carboxylic acids is 5. The Kier molecular flexibility index (Phi) is 24.7. The molecule has 5 saturated heterocycles. The summed E-state index contributed by atoms with van der Waals surface area (Å²) >= 11 is 0. The van der Waals surface area contributed by atoms with Gasteiger partial charge in [0.2, 0.25) is 5.79 Å². The molecular formula is C59H72O33. The third-order valence-electron chi connectivity index (χ3n) is 15.2. The SMILES string of the molecule is CC(=O)OC[C@H]1O[C@H](O[C@@H]2[C@@H](O[C@@H]3O[C@H](CO)[C@@H](O)[C@H](O)[C@H]3O)[C@@H](O[C@]3(COC(=O)/C=C/c4ccc(O)cc4)O[C@H](CO)[C@@H](O)[C@@H]3OC(=O)c3ccccc3)O[C@H](CO)[C@H]2OC(=O)/C=C/c2ccc(O)cc2)[C@H](O)[C@@H](O[C@H]2O[C@H](CO)[C@@H](O)[C@H](O)[C@H]2O)[C@@H]1OC(C)=O. The first-order valence-electron chi connectivity index (χ1n) is 28.6. The number of hydrogen-bond acceptors (Lipinski definition) is 33. The minimum absolute atomic E-state index is 0.110. The fraction of sp³-hybridized carbons (Fsp3) is 0.542. The third-order valence-corrected chi connectivity index (χ3v) is 15.2. The third kappa shape index (κ3) is 17.0. The Morgan fingerprint density at radius 1 is 0.457 bits per heavy atom. The Labute approximate surface area is 522 Å². The highest BCUT2D eigenvalue weighted by atomic mass is 16.8. The molecule has 3 aromatic carbocycles. The zero-order valence-electron chi connectivity index (χ0n) is 48.9. The average Bonchev–Trinajstić information content (AvgIpc) is 1.38. The highest BCUT2D eigenvalue weighted by molar-refractivity contribution is 5.90. The van der Waals surface area contributed by atoms with Crippen molar-refractivity contribution in [1.82, 2.24) is 0 Å². The van der Waals surface area contributed by atoms with Crippen molar-refractivity contribution in [3.8, 4) is 11.5 Å². The number of aliphatic hydroxyl groups is 12. The van der Waals surface area contributed by atoms with Gasteiger partial charge in [0.15, 0.2) is 43.5 Å². The van der Waals surface area contributed by atoms with Crippen LogP contribution in [0, 0.1) is 0 Å². The maximum absolute atomic E-state index is 14.2. The van der Waals surface area contributed by atoms with Crippen molar-refractivity contribution in [3.05, 3.63) is 108 Å². The Hall–Kier alpha value is -6.75. The molecule has 0 radical (unpaired) electrons. The van der Waals surface area contributed by atoms with Crippen molar-refractivity contribution >= 4 is 42.0 Å². The average molecular weight is 1310 g/mol. The highest BCUT2D eigenvalue weighted by Crippen LogP contribution is 2.43. The van der Waals surface area contributed by atoms with E-state index in [2.05, 4.69) is 0 Å². The van der Waals surface area contributed by atoms with E-state index in [4.69, 9.17) is 66.3 Å².